The minimum atomic E-state index is -1.68. The zero-order valence-corrected chi connectivity index (χ0v) is 37.4. The van der Waals surface area contributed by atoms with Crippen LogP contribution in [0.4, 0.5) is 10.1 Å². The maximum atomic E-state index is 15.0. The molecule has 2 saturated carbocycles. The van der Waals surface area contributed by atoms with Crippen LogP contribution in [0.2, 0.25) is 0 Å². The molecule has 8 rings (SSSR count). The van der Waals surface area contributed by atoms with Gasteiger partial charge in [-0.15, -0.1) is 17.5 Å². The predicted octanol–water partition coefficient (Wildman–Crippen LogP) is -5.02. The quantitative estimate of drug-likeness (QED) is 0.0600. The van der Waals surface area contributed by atoms with Crippen molar-refractivity contribution in [3.05, 3.63) is 52.5 Å². The molecule has 2 aliphatic carbocycles. The van der Waals surface area contributed by atoms with Gasteiger partial charge in [-0.3, -0.25) is 19.2 Å². The summed E-state index contributed by atoms with van der Waals surface area (Å²) in [6.07, 6.45) is -9.08. The van der Waals surface area contributed by atoms with Crippen LogP contribution in [0.1, 0.15) is 25.3 Å². The van der Waals surface area contributed by atoms with Crippen molar-refractivity contribution in [2.45, 2.75) is 124 Å². The first kappa shape index (κ1) is 50.6. The van der Waals surface area contributed by atoms with Gasteiger partial charge in [0, 0.05) is 77.5 Å². The van der Waals surface area contributed by atoms with E-state index in [9.17, 15) is 45.3 Å². The fraction of sp³-hybridized carbons (Fsp3) is 0.684. The van der Waals surface area contributed by atoms with Crippen LogP contribution in [0.5, 0.6) is 5.75 Å². The molecule has 3 saturated heterocycles. The number of carbonyl (C=O) groups excluding carboxylic acids is 1. The first-order valence-electron chi connectivity index (χ1n) is 20.6. The van der Waals surface area contributed by atoms with Crippen molar-refractivity contribution < 1.29 is 101 Å². The average molecular weight is 984 g/mol. The third-order valence-electron chi connectivity index (χ3n) is 12.1. The van der Waals surface area contributed by atoms with Crippen molar-refractivity contribution in [2.75, 3.05) is 44.2 Å². The Hall–Kier alpha value is -2.77. The molecule has 24 nitrogen and oxygen atoms in total. The molecular formula is C38H55FN10O14Y-2. The molecule has 15 atom stereocenters. The van der Waals surface area contributed by atoms with E-state index < -0.39 is 110 Å². The van der Waals surface area contributed by atoms with Crippen LogP contribution in [0, 0.1) is 12.0 Å². The Morgan fingerprint density at radius 2 is 1.59 bits per heavy atom. The topological polar surface area (TPSA) is 366 Å². The first-order chi connectivity index (χ1) is 30.1. The number of benzene rings is 1. The van der Waals surface area contributed by atoms with Gasteiger partial charge in [-0.1, -0.05) is 0 Å². The van der Waals surface area contributed by atoms with Gasteiger partial charge in [0.2, 0.25) is 5.43 Å². The summed E-state index contributed by atoms with van der Waals surface area (Å²) in [7, 11) is 0. The van der Waals surface area contributed by atoms with E-state index in [2.05, 4.69) is 21.4 Å². The Labute approximate surface area is 390 Å². The third-order valence-corrected chi connectivity index (χ3v) is 12.1. The number of ether oxygens (including phenoxy) is 5. The number of halogens is 1. The molecule has 64 heavy (non-hydrogen) atoms. The molecule has 26 heteroatoms. The molecule has 1 aromatic carbocycles. The molecule has 3 aliphatic heterocycles. The first-order valence-corrected chi connectivity index (χ1v) is 20.6. The van der Waals surface area contributed by atoms with E-state index in [1.165, 1.54) is 6.07 Å². The summed E-state index contributed by atoms with van der Waals surface area (Å²) in [5.41, 5.74) is 26.3. The molecule has 0 amide bonds. The summed E-state index contributed by atoms with van der Waals surface area (Å²) in [5, 5.41) is 78.6. The SMILES string of the molecule is O=COc1cn(C2CC2)c2cc(N3CCN(Cn4c[c-]nn4)CC3)c(F)cc2c1=O.[NH-][C@H]1CC(N)[C@H](O[C@@H]2OC(CN)[C@H](O)C(O)[C@H]2O)C(O)[C@H]1OC1O[C@@H](CO)[C@H](O)C(N)[C@@H]1O.[Y]. The summed E-state index contributed by atoms with van der Waals surface area (Å²) in [5.74, 6) is -0.528. The Bertz CT molecular complexity index is 2000. The van der Waals surface area contributed by atoms with E-state index in [-0.39, 0.29) is 69.3 Å². The number of fused-ring (bicyclic) bond motifs is 1. The second-order valence-electron chi connectivity index (χ2n) is 16.4. The predicted molar refractivity (Wildman–Crippen MR) is 214 cm³/mol. The van der Waals surface area contributed by atoms with E-state index in [0.717, 1.165) is 25.9 Å². The summed E-state index contributed by atoms with van der Waals surface area (Å²) in [6.45, 7) is 2.86. The minimum absolute atomic E-state index is 0. The number of nitrogens with one attached hydrogen (secondary N) is 1. The van der Waals surface area contributed by atoms with E-state index in [1.807, 2.05) is 9.47 Å². The Balaban J connectivity index is 0.000000210. The van der Waals surface area contributed by atoms with Crippen molar-refractivity contribution >= 4 is 23.1 Å². The van der Waals surface area contributed by atoms with Crippen molar-refractivity contribution in [1.82, 2.24) is 24.5 Å². The fourth-order valence-corrected chi connectivity index (χ4v) is 8.33. The van der Waals surface area contributed by atoms with Crippen LogP contribution in [0.25, 0.3) is 16.6 Å². The maximum Gasteiger partial charge on any atom is 0.298 e. The van der Waals surface area contributed by atoms with Gasteiger partial charge in [-0.2, -0.15) is 0 Å². The smallest absolute Gasteiger partial charge is 0.298 e. The summed E-state index contributed by atoms with van der Waals surface area (Å²) in [6, 6.07) is 0.0505. The third kappa shape index (κ3) is 10.8. The van der Waals surface area contributed by atoms with Gasteiger partial charge < -0.3 is 103 Å². The summed E-state index contributed by atoms with van der Waals surface area (Å²) in [4.78, 5) is 27.6. The van der Waals surface area contributed by atoms with Crippen LogP contribution < -0.4 is 32.3 Å². The summed E-state index contributed by atoms with van der Waals surface area (Å²) < 4.78 is 45.5. The molecule has 3 aromatic rings. The van der Waals surface area contributed by atoms with Gasteiger partial charge >= 0.3 is 0 Å². The number of aliphatic hydroxyl groups is 7. The van der Waals surface area contributed by atoms with Crippen LogP contribution in [0.3, 0.4) is 0 Å². The average Bonchev–Trinajstić information content (AvgIpc) is 3.99. The second kappa shape index (κ2) is 21.9. The van der Waals surface area contributed by atoms with E-state index in [0.29, 0.717) is 31.0 Å². The van der Waals surface area contributed by atoms with Gasteiger partial charge in [-0.05, 0) is 31.4 Å². The van der Waals surface area contributed by atoms with E-state index >= 15 is 4.39 Å². The number of aromatic nitrogens is 4. The van der Waals surface area contributed by atoms with E-state index in [1.54, 1.807) is 23.1 Å². The van der Waals surface area contributed by atoms with Crippen LogP contribution in [-0.2, 0) is 63.1 Å². The fourth-order valence-electron chi connectivity index (χ4n) is 8.33. The molecule has 5 fully saturated rings. The Morgan fingerprint density at radius 1 is 0.922 bits per heavy atom. The van der Waals surface area contributed by atoms with Gasteiger partial charge in [0.15, 0.2) is 18.3 Å². The van der Waals surface area contributed by atoms with Crippen LogP contribution in [-0.4, -0.2) is 198 Å². The molecule has 0 spiro atoms. The van der Waals surface area contributed by atoms with Crippen molar-refractivity contribution in [2.24, 2.45) is 17.2 Å². The largest absolute Gasteiger partial charge is 0.672 e. The van der Waals surface area contributed by atoms with E-state index in [4.69, 9.17) is 46.6 Å². The number of hydrogen-bond acceptors (Lipinski definition) is 21. The second-order valence-corrected chi connectivity index (χ2v) is 16.4. The molecule has 2 aromatic heterocycles. The molecule has 5 heterocycles. The normalized spacial score (nSPS) is 35.9. The number of pyridine rings is 1. The van der Waals surface area contributed by atoms with Crippen LogP contribution >= 0.6 is 0 Å². The number of piperazine rings is 1. The van der Waals surface area contributed by atoms with Gasteiger partial charge in [0.25, 0.3) is 6.47 Å². The zero-order valence-electron chi connectivity index (χ0n) is 34.6. The number of carbonyl (C=O) groups is 1. The molecule has 14 N–H and O–H groups in total. The molecule has 353 valence electrons. The van der Waals surface area contributed by atoms with Crippen molar-refractivity contribution in [1.29, 1.82) is 0 Å². The number of hydrogen-bond donors (Lipinski definition) is 10. The maximum absolute atomic E-state index is 15.0. The number of rotatable bonds is 12. The van der Waals surface area contributed by atoms with Crippen LogP contribution in [0.15, 0.2) is 29.3 Å². The molecular weight excluding hydrogens is 928 g/mol. The van der Waals surface area contributed by atoms with Gasteiger partial charge in [-0.25, -0.2) is 4.39 Å². The number of anilines is 1. The Kier molecular flexibility index (Phi) is 17.3. The monoisotopic (exact) mass is 983 g/mol. The zero-order chi connectivity index (χ0) is 45.3. The van der Waals surface area contributed by atoms with Gasteiger partial charge in [0.05, 0.1) is 48.2 Å². The van der Waals surface area contributed by atoms with Crippen molar-refractivity contribution in [3.63, 3.8) is 0 Å². The number of nitrogens with two attached hydrogens (primary N) is 3. The molecule has 6 unspecified atom stereocenters. The molecule has 5 aliphatic rings. The Morgan fingerprint density at radius 3 is 2.22 bits per heavy atom. The molecule has 0 bridgehead atoms. The minimum Gasteiger partial charge on any atom is -0.672 e. The molecule has 1 radical (unpaired) electrons. The number of nitrogens with zero attached hydrogens (tertiary/aromatic N) is 6. The van der Waals surface area contributed by atoms with Crippen molar-refractivity contribution in [3.8, 4) is 5.75 Å². The summed E-state index contributed by atoms with van der Waals surface area (Å²) >= 11 is 0. The van der Waals surface area contributed by atoms with Gasteiger partial charge in [0.1, 0.15) is 60.8 Å². The number of aliphatic hydroxyl groups excluding tert-OH is 7. The standard InChI is InChI=1S/C20H20FN6O3.C18H35N4O11.Y/c21-16-9-15-17(27(14-1-2-14)11-19(20(15)29)30-13-28)10-18(16)25-7-5-24(6-8-25)12-26-4-3-22-23-26;19-2-6-10(25)12(27)13(28)18(30-6)33-16-5(21)1-4(20)15(14(16)29)32-17-11(26)8(22)9(24)7(3-23)31-17;/h4,9-11,13-14H,1-2,5-8,12H2;4-18,20,23-29H,1-3,19,21-22H2;/q2*-1;/t;4-,5?,6?,7-,8?,9-,10-,11-,12?,13+,14?,15-,16-,17?,18-;/m.0./s1.